The van der Waals surface area contributed by atoms with Gasteiger partial charge in [0.15, 0.2) is 17.3 Å². The van der Waals surface area contributed by atoms with Crippen LogP contribution in [0.5, 0.6) is 11.5 Å². The van der Waals surface area contributed by atoms with Crippen molar-refractivity contribution in [1.29, 1.82) is 0 Å². The van der Waals surface area contributed by atoms with Crippen molar-refractivity contribution in [3.05, 3.63) is 23.8 Å². The number of terminal acetylenes is 1. The Balaban J connectivity index is 2.15. The molecule has 0 unspecified atom stereocenters. The van der Waals surface area contributed by atoms with Crippen LogP contribution < -0.4 is 9.47 Å². The Labute approximate surface area is 101 Å². The van der Waals surface area contributed by atoms with Gasteiger partial charge in [-0.1, -0.05) is 6.07 Å². The molecule has 0 radical (unpaired) electrons. The van der Waals surface area contributed by atoms with Gasteiger partial charge in [0.25, 0.3) is 0 Å². The van der Waals surface area contributed by atoms with Gasteiger partial charge in [-0.15, -0.1) is 12.3 Å². The maximum atomic E-state index is 12.0. The van der Waals surface area contributed by atoms with Crippen molar-refractivity contribution in [1.82, 2.24) is 0 Å². The molecule has 1 aromatic rings. The minimum atomic E-state index is 0.0580. The van der Waals surface area contributed by atoms with Gasteiger partial charge in [-0.05, 0) is 18.6 Å². The maximum Gasteiger partial charge on any atom is 0.172 e. The van der Waals surface area contributed by atoms with Crippen LogP contribution in [-0.2, 0) is 0 Å². The molecule has 0 amide bonds. The van der Waals surface area contributed by atoms with Gasteiger partial charge in [-0.3, -0.25) is 4.79 Å². The van der Waals surface area contributed by atoms with Gasteiger partial charge in [-0.2, -0.15) is 0 Å². The van der Waals surface area contributed by atoms with Gasteiger partial charge in [0.1, 0.15) is 13.2 Å². The molecule has 0 atom stereocenters. The average molecular weight is 230 g/mol. The first-order valence-electron chi connectivity index (χ1n) is 5.68. The first kappa shape index (κ1) is 11.5. The van der Waals surface area contributed by atoms with Gasteiger partial charge >= 0.3 is 0 Å². The first-order chi connectivity index (χ1) is 8.33. The molecule has 3 nitrogen and oxygen atoms in total. The predicted octanol–water partition coefficient (Wildman–Crippen LogP) is 2.44. The zero-order valence-electron chi connectivity index (χ0n) is 9.57. The Hall–Kier alpha value is -1.95. The molecule has 3 heteroatoms. The lowest BCUT2D eigenvalue weighted by Crippen LogP contribution is -2.17. The van der Waals surface area contributed by atoms with E-state index < -0.39 is 0 Å². The molecule has 0 fully saturated rings. The van der Waals surface area contributed by atoms with E-state index in [4.69, 9.17) is 15.9 Å². The Morgan fingerprint density at radius 2 is 2.18 bits per heavy atom. The minimum absolute atomic E-state index is 0.0580. The van der Waals surface area contributed by atoms with Crippen LogP contribution in [0.2, 0.25) is 0 Å². The molecule has 0 aliphatic carbocycles. The number of hydrogen-bond donors (Lipinski definition) is 0. The lowest BCUT2D eigenvalue weighted by molar-refractivity contribution is 0.0969. The standard InChI is InChI=1S/C14H14O3/c1-2-3-4-7-12(15)11-6-5-8-13-14(11)17-10-9-16-13/h1,5-6,8H,3-4,7,9-10H2. The topological polar surface area (TPSA) is 35.5 Å². The molecule has 0 bridgehead atoms. The van der Waals surface area contributed by atoms with E-state index in [2.05, 4.69) is 5.92 Å². The molecule has 1 aromatic carbocycles. The van der Waals surface area contributed by atoms with Crippen molar-refractivity contribution < 1.29 is 14.3 Å². The fraction of sp³-hybridized carbons (Fsp3) is 0.357. The van der Waals surface area contributed by atoms with E-state index in [1.54, 1.807) is 6.07 Å². The molecule has 1 aliphatic heterocycles. The fourth-order valence-corrected chi connectivity index (χ4v) is 1.78. The van der Waals surface area contributed by atoms with Crippen LogP contribution in [0.15, 0.2) is 18.2 Å². The highest BCUT2D eigenvalue weighted by Gasteiger charge is 2.19. The van der Waals surface area contributed by atoms with Crippen LogP contribution in [0.1, 0.15) is 29.6 Å². The number of ketones is 1. The van der Waals surface area contributed by atoms with Crippen molar-refractivity contribution in [3.63, 3.8) is 0 Å². The molecule has 0 saturated heterocycles. The van der Waals surface area contributed by atoms with Gasteiger partial charge in [0.2, 0.25) is 0 Å². The molecule has 1 aliphatic rings. The van der Waals surface area contributed by atoms with E-state index in [1.165, 1.54) is 0 Å². The van der Waals surface area contributed by atoms with Gasteiger partial charge < -0.3 is 9.47 Å². The van der Waals surface area contributed by atoms with Gasteiger partial charge in [0, 0.05) is 12.8 Å². The highest BCUT2D eigenvalue weighted by atomic mass is 16.6. The second-order valence-electron chi connectivity index (χ2n) is 3.81. The van der Waals surface area contributed by atoms with E-state index in [9.17, 15) is 4.79 Å². The number of carbonyl (C=O) groups excluding carboxylic acids is 1. The zero-order valence-corrected chi connectivity index (χ0v) is 9.57. The van der Waals surface area contributed by atoms with Crippen LogP contribution >= 0.6 is 0 Å². The number of unbranched alkanes of at least 4 members (excludes halogenated alkanes) is 1. The van der Waals surface area contributed by atoms with E-state index in [0.717, 1.165) is 0 Å². The average Bonchev–Trinajstić information content (AvgIpc) is 2.38. The summed E-state index contributed by atoms with van der Waals surface area (Å²) in [4.78, 5) is 12.0. The summed E-state index contributed by atoms with van der Waals surface area (Å²) in [5, 5.41) is 0. The van der Waals surface area contributed by atoms with E-state index >= 15 is 0 Å². The lowest BCUT2D eigenvalue weighted by Gasteiger charge is -2.20. The Bertz CT molecular complexity index is 457. The molecular weight excluding hydrogens is 216 g/mol. The summed E-state index contributed by atoms with van der Waals surface area (Å²) in [7, 11) is 0. The quantitative estimate of drug-likeness (QED) is 0.453. The number of benzene rings is 1. The summed E-state index contributed by atoms with van der Waals surface area (Å²) in [5.74, 6) is 3.81. The number of hydrogen-bond acceptors (Lipinski definition) is 3. The number of fused-ring (bicyclic) bond motifs is 1. The van der Waals surface area contributed by atoms with Crippen molar-refractivity contribution in [2.24, 2.45) is 0 Å². The second kappa shape index (κ2) is 5.40. The molecule has 88 valence electrons. The lowest BCUT2D eigenvalue weighted by atomic mass is 10.0. The van der Waals surface area contributed by atoms with Crippen LogP contribution in [-0.4, -0.2) is 19.0 Å². The van der Waals surface area contributed by atoms with Crippen LogP contribution in [0, 0.1) is 12.3 Å². The van der Waals surface area contributed by atoms with Gasteiger partial charge in [0.05, 0.1) is 5.56 Å². The van der Waals surface area contributed by atoms with E-state index in [0.29, 0.717) is 49.5 Å². The third-order valence-electron chi connectivity index (χ3n) is 2.59. The fourth-order valence-electron chi connectivity index (χ4n) is 1.78. The number of rotatable bonds is 4. The summed E-state index contributed by atoms with van der Waals surface area (Å²) < 4.78 is 10.9. The molecule has 0 aromatic heterocycles. The van der Waals surface area contributed by atoms with Crippen molar-refractivity contribution in [2.75, 3.05) is 13.2 Å². The smallest absolute Gasteiger partial charge is 0.172 e. The third kappa shape index (κ3) is 2.59. The number of ether oxygens (including phenoxy) is 2. The van der Waals surface area contributed by atoms with Crippen molar-refractivity contribution in [2.45, 2.75) is 19.3 Å². The van der Waals surface area contributed by atoms with Gasteiger partial charge in [-0.25, -0.2) is 0 Å². The first-order valence-corrected chi connectivity index (χ1v) is 5.68. The second-order valence-corrected chi connectivity index (χ2v) is 3.81. The predicted molar refractivity (Wildman–Crippen MR) is 64.4 cm³/mol. The van der Waals surface area contributed by atoms with Crippen LogP contribution in [0.25, 0.3) is 0 Å². The Kier molecular flexibility index (Phi) is 3.66. The third-order valence-corrected chi connectivity index (χ3v) is 2.59. The molecule has 0 N–H and O–H groups in total. The largest absolute Gasteiger partial charge is 0.486 e. The number of Topliss-reactive ketones (excluding diaryl/α,β-unsaturated/α-hetero) is 1. The summed E-state index contributed by atoms with van der Waals surface area (Å²) in [6.07, 6.45) is 6.94. The molecule has 1 heterocycles. The maximum absolute atomic E-state index is 12.0. The Morgan fingerprint density at radius 1 is 1.35 bits per heavy atom. The highest BCUT2D eigenvalue weighted by molar-refractivity contribution is 5.99. The van der Waals surface area contributed by atoms with Crippen LogP contribution in [0.4, 0.5) is 0 Å². The van der Waals surface area contributed by atoms with E-state index in [-0.39, 0.29) is 5.78 Å². The van der Waals surface area contributed by atoms with Crippen molar-refractivity contribution >= 4 is 5.78 Å². The number of para-hydroxylation sites is 1. The molecule has 0 saturated carbocycles. The molecule has 2 rings (SSSR count). The summed E-state index contributed by atoms with van der Waals surface area (Å²) in [6, 6.07) is 5.39. The Morgan fingerprint density at radius 3 is 3.00 bits per heavy atom. The molecule has 17 heavy (non-hydrogen) atoms. The number of carbonyl (C=O) groups is 1. The molecule has 0 spiro atoms. The SMILES string of the molecule is C#CCCCC(=O)c1cccc2c1OCCO2. The van der Waals surface area contributed by atoms with Crippen molar-refractivity contribution in [3.8, 4) is 23.8 Å². The minimum Gasteiger partial charge on any atom is -0.486 e. The zero-order chi connectivity index (χ0) is 12.1. The summed E-state index contributed by atoms with van der Waals surface area (Å²) in [6.45, 7) is 1.02. The molecular formula is C14H14O3. The monoisotopic (exact) mass is 230 g/mol. The summed E-state index contributed by atoms with van der Waals surface area (Å²) in [5.41, 5.74) is 0.597. The normalized spacial score (nSPS) is 12.9. The van der Waals surface area contributed by atoms with Crippen LogP contribution in [0.3, 0.4) is 0 Å². The summed E-state index contributed by atoms with van der Waals surface area (Å²) >= 11 is 0. The highest BCUT2D eigenvalue weighted by Crippen LogP contribution is 2.34. The van der Waals surface area contributed by atoms with E-state index in [1.807, 2.05) is 12.1 Å².